The van der Waals surface area contributed by atoms with Gasteiger partial charge in [-0.25, -0.2) is 0 Å². The lowest BCUT2D eigenvalue weighted by Crippen LogP contribution is -2.11. The van der Waals surface area contributed by atoms with Crippen LogP contribution in [0.15, 0.2) is 0 Å². The molecule has 0 amide bonds. The van der Waals surface area contributed by atoms with Crippen LogP contribution in [0.4, 0.5) is 0 Å². The van der Waals surface area contributed by atoms with Gasteiger partial charge in [0.05, 0.1) is 11.1 Å². The Morgan fingerprint density at radius 1 is 1.17 bits per heavy atom. The van der Waals surface area contributed by atoms with E-state index >= 15 is 0 Å². The Morgan fingerprint density at radius 3 is 2.28 bits per heavy atom. The molecule has 3 heteroatoms. The summed E-state index contributed by atoms with van der Waals surface area (Å²) in [6.45, 7) is 11.0. The molecule has 0 aliphatic rings. The van der Waals surface area contributed by atoms with Crippen molar-refractivity contribution in [1.29, 1.82) is 0 Å². The monoisotopic (exact) mass is 270 g/mol. The van der Waals surface area contributed by atoms with Crippen LogP contribution in [0.25, 0.3) is 0 Å². The van der Waals surface area contributed by atoms with Gasteiger partial charge in [-0.2, -0.15) is 5.10 Å². The first kappa shape index (κ1) is 15.6. The lowest BCUT2D eigenvalue weighted by atomic mass is 10.0. The van der Waals surface area contributed by atoms with E-state index in [0.717, 1.165) is 19.3 Å². The molecule has 0 spiro atoms. The molecule has 1 heterocycles. The van der Waals surface area contributed by atoms with E-state index in [2.05, 4.69) is 39.3 Å². The Hall–Kier alpha value is -0.500. The van der Waals surface area contributed by atoms with Crippen molar-refractivity contribution in [1.82, 2.24) is 9.78 Å². The Labute approximate surface area is 117 Å². The summed E-state index contributed by atoms with van der Waals surface area (Å²) in [5.41, 5.74) is 3.83. The van der Waals surface area contributed by atoms with Crippen LogP contribution in [0.2, 0.25) is 0 Å². The van der Waals surface area contributed by atoms with Crippen molar-refractivity contribution in [3.8, 4) is 0 Å². The van der Waals surface area contributed by atoms with Crippen molar-refractivity contribution in [2.45, 2.75) is 78.1 Å². The van der Waals surface area contributed by atoms with Crippen molar-refractivity contribution in [3.05, 3.63) is 17.0 Å². The minimum absolute atomic E-state index is 0.109. The van der Waals surface area contributed by atoms with E-state index in [1.54, 1.807) is 0 Å². The van der Waals surface area contributed by atoms with Gasteiger partial charge in [0.2, 0.25) is 0 Å². The van der Waals surface area contributed by atoms with E-state index in [4.69, 9.17) is 16.7 Å². The fourth-order valence-electron chi connectivity index (χ4n) is 2.62. The highest BCUT2D eigenvalue weighted by atomic mass is 35.5. The molecule has 0 aliphatic carbocycles. The van der Waals surface area contributed by atoms with Gasteiger partial charge in [0.15, 0.2) is 0 Å². The van der Waals surface area contributed by atoms with E-state index in [9.17, 15) is 0 Å². The molecular weight excluding hydrogens is 244 g/mol. The highest BCUT2D eigenvalue weighted by molar-refractivity contribution is 6.20. The largest absolute Gasteiger partial charge is 0.266 e. The van der Waals surface area contributed by atoms with Crippen LogP contribution >= 0.6 is 11.6 Å². The molecule has 2 nitrogen and oxygen atoms in total. The average molecular weight is 271 g/mol. The Morgan fingerprint density at radius 2 is 1.83 bits per heavy atom. The smallest absolute Gasteiger partial charge is 0.0671 e. The number of hydrogen-bond acceptors (Lipinski definition) is 1. The maximum atomic E-state index is 6.50. The number of halogens is 1. The van der Waals surface area contributed by atoms with Gasteiger partial charge in [0.1, 0.15) is 0 Å². The van der Waals surface area contributed by atoms with Gasteiger partial charge in [0.25, 0.3) is 0 Å². The highest BCUT2D eigenvalue weighted by Gasteiger charge is 2.22. The zero-order chi connectivity index (χ0) is 13.7. The normalized spacial score (nSPS) is 14.8. The maximum absolute atomic E-state index is 6.50. The van der Waals surface area contributed by atoms with Crippen LogP contribution < -0.4 is 0 Å². The highest BCUT2D eigenvalue weighted by Crippen LogP contribution is 2.32. The lowest BCUT2D eigenvalue weighted by Gasteiger charge is -2.16. The van der Waals surface area contributed by atoms with Crippen LogP contribution in [-0.4, -0.2) is 9.78 Å². The lowest BCUT2D eigenvalue weighted by molar-refractivity contribution is 0.437. The minimum atomic E-state index is 0.109. The third-order valence-electron chi connectivity index (χ3n) is 3.59. The van der Waals surface area contributed by atoms with Crippen molar-refractivity contribution >= 4 is 11.6 Å². The summed E-state index contributed by atoms with van der Waals surface area (Å²) < 4.78 is 2.22. The number of hydrogen-bond donors (Lipinski definition) is 0. The number of aryl methyl sites for hydroxylation is 1. The summed E-state index contributed by atoms with van der Waals surface area (Å²) in [5.74, 6) is 0. The van der Waals surface area contributed by atoms with Gasteiger partial charge >= 0.3 is 0 Å². The van der Waals surface area contributed by atoms with Gasteiger partial charge in [-0.1, -0.05) is 34.1 Å². The summed E-state index contributed by atoms with van der Waals surface area (Å²) in [6, 6.07) is 0.477. The standard InChI is InChI=1S/C15H27ClN2/c1-6-10-11(5)18-14(9-4)15(12(16)7-2)13(8-3)17-18/h11-12H,6-10H2,1-5H3. The fraction of sp³-hybridized carbons (Fsp3) is 0.800. The van der Waals surface area contributed by atoms with E-state index in [1.807, 2.05) is 0 Å². The van der Waals surface area contributed by atoms with Gasteiger partial charge in [0, 0.05) is 17.3 Å². The first-order valence-electron chi connectivity index (χ1n) is 7.34. The molecule has 2 unspecified atom stereocenters. The third-order valence-corrected chi connectivity index (χ3v) is 4.12. The molecule has 104 valence electrons. The summed E-state index contributed by atoms with van der Waals surface area (Å²) in [6.07, 6.45) is 5.32. The van der Waals surface area contributed by atoms with E-state index in [-0.39, 0.29) is 5.38 Å². The molecule has 0 saturated heterocycles. The molecule has 1 rings (SSSR count). The molecule has 0 N–H and O–H groups in total. The second-order valence-electron chi connectivity index (χ2n) is 4.97. The average Bonchev–Trinajstić information content (AvgIpc) is 2.76. The van der Waals surface area contributed by atoms with E-state index in [1.165, 1.54) is 29.8 Å². The summed E-state index contributed by atoms with van der Waals surface area (Å²) in [4.78, 5) is 0. The molecule has 18 heavy (non-hydrogen) atoms. The predicted octanol–water partition coefficient (Wildman–Crippen LogP) is 5.06. The molecule has 1 aromatic rings. The molecule has 0 bridgehead atoms. The molecular formula is C15H27ClN2. The zero-order valence-corrected chi connectivity index (χ0v) is 13.2. The summed E-state index contributed by atoms with van der Waals surface area (Å²) in [7, 11) is 0. The SMILES string of the molecule is CCCC(C)n1nc(CC)c(C(Cl)CC)c1CC. The van der Waals surface area contributed by atoms with Crippen LogP contribution in [-0.2, 0) is 12.8 Å². The van der Waals surface area contributed by atoms with E-state index in [0.29, 0.717) is 6.04 Å². The topological polar surface area (TPSA) is 17.8 Å². The van der Waals surface area contributed by atoms with Crippen molar-refractivity contribution in [2.75, 3.05) is 0 Å². The maximum Gasteiger partial charge on any atom is 0.0671 e. The first-order valence-corrected chi connectivity index (χ1v) is 7.78. The Balaban J connectivity index is 3.23. The van der Waals surface area contributed by atoms with Crippen molar-refractivity contribution in [3.63, 3.8) is 0 Å². The number of alkyl halides is 1. The van der Waals surface area contributed by atoms with Gasteiger partial charge in [-0.3, -0.25) is 4.68 Å². The predicted molar refractivity (Wildman–Crippen MR) is 79.5 cm³/mol. The number of nitrogens with zero attached hydrogens (tertiary/aromatic N) is 2. The minimum Gasteiger partial charge on any atom is -0.266 e. The molecule has 1 aromatic heterocycles. The fourth-order valence-corrected chi connectivity index (χ4v) is 2.87. The molecule has 0 aromatic carbocycles. The first-order chi connectivity index (χ1) is 8.60. The van der Waals surface area contributed by atoms with Gasteiger partial charge in [-0.05, 0) is 32.6 Å². The molecule has 0 fully saturated rings. The van der Waals surface area contributed by atoms with Crippen molar-refractivity contribution < 1.29 is 0 Å². The summed E-state index contributed by atoms with van der Waals surface area (Å²) >= 11 is 6.50. The van der Waals surface area contributed by atoms with Crippen LogP contribution in [0.1, 0.15) is 82.3 Å². The third kappa shape index (κ3) is 3.09. The zero-order valence-electron chi connectivity index (χ0n) is 12.5. The number of aromatic nitrogens is 2. The van der Waals surface area contributed by atoms with Crippen LogP contribution in [0.3, 0.4) is 0 Å². The van der Waals surface area contributed by atoms with Gasteiger partial charge in [-0.15, -0.1) is 11.6 Å². The molecule has 2 atom stereocenters. The van der Waals surface area contributed by atoms with E-state index < -0.39 is 0 Å². The molecule has 0 radical (unpaired) electrons. The second kappa shape index (κ2) is 7.18. The summed E-state index contributed by atoms with van der Waals surface area (Å²) in [5, 5.41) is 4.93. The van der Waals surface area contributed by atoms with Crippen LogP contribution in [0.5, 0.6) is 0 Å². The number of rotatable bonds is 7. The van der Waals surface area contributed by atoms with Gasteiger partial charge < -0.3 is 0 Å². The Bertz CT molecular complexity index is 371. The molecule has 0 aliphatic heterocycles. The second-order valence-corrected chi connectivity index (χ2v) is 5.50. The van der Waals surface area contributed by atoms with Crippen molar-refractivity contribution in [2.24, 2.45) is 0 Å². The molecule has 0 saturated carbocycles. The Kier molecular flexibility index (Phi) is 6.20. The van der Waals surface area contributed by atoms with Crippen LogP contribution in [0, 0.1) is 0 Å². The quantitative estimate of drug-likeness (QED) is 0.633.